The number of aliphatic hydroxyl groups is 1. The third-order valence-electron chi connectivity index (χ3n) is 3.78. The van der Waals surface area contributed by atoms with E-state index < -0.39 is 29.7 Å². The lowest BCUT2D eigenvalue weighted by Gasteiger charge is -2.25. The van der Waals surface area contributed by atoms with Crippen molar-refractivity contribution in [3.63, 3.8) is 0 Å². The number of amides is 1. The van der Waals surface area contributed by atoms with Crippen molar-refractivity contribution in [2.75, 3.05) is 6.54 Å². The number of rotatable bonds is 2. The third-order valence-corrected chi connectivity index (χ3v) is 3.78. The molecule has 1 aliphatic rings. The van der Waals surface area contributed by atoms with Gasteiger partial charge in [0, 0.05) is 12.7 Å². The maximum Gasteiger partial charge on any atom is 0.257 e. The van der Waals surface area contributed by atoms with Gasteiger partial charge in [0.1, 0.15) is 5.82 Å². The first kappa shape index (κ1) is 14.6. The third kappa shape index (κ3) is 2.69. The van der Waals surface area contributed by atoms with E-state index in [2.05, 4.69) is 4.98 Å². The fourth-order valence-corrected chi connectivity index (χ4v) is 2.77. The number of aliphatic hydroxyl groups excluding tert-OH is 1. The Bertz CT molecular complexity index is 708. The molecule has 4 nitrogen and oxygen atoms in total. The second-order valence-corrected chi connectivity index (χ2v) is 5.27. The lowest BCUT2D eigenvalue weighted by molar-refractivity contribution is 0.0710. The van der Waals surface area contributed by atoms with E-state index >= 15 is 0 Å². The van der Waals surface area contributed by atoms with Gasteiger partial charge < -0.3 is 10.0 Å². The summed E-state index contributed by atoms with van der Waals surface area (Å²) in [5, 5.41) is 9.87. The highest BCUT2D eigenvalue weighted by molar-refractivity contribution is 5.94. The Morgan fingerprint density at radius 3 is 2.86 bits per heavy atom. The Morgan fingerprint density at radius 1 is 1.32 bits per heavy atom. The van der Waals surface area contributed by atoms with Crippen molar-refractivity contribution >= 4 is 5.91 Å². The van der Waals surface area contributed by atoms with Gasteiger partial charge in [0.05, 0.1) is 23.9 Å². The second kappa shape index (κ2) is 5.81. The Hall–Kier alpha value is -2.34. The number of hydrogen-bond donors (Lipinski definition) is 1. The summed E-state index contributed by atoms with van der Waals surface area (Å²) in [5.41, 5.74) is 0.477. The fraction of sp³-hybridized carbons (Fsp3) is 0.250. The van der Waals surface area contributed by atoms with Crippen LogP contribution in [0.15, 0.2) is 42.7 Å². The maximum absolute atomic E-state index is 13.8. The first-order valence-electron chi connectivity index (χ1n) is 6.90. The molecule has 0 radical (unpaired) electrons. The Balaban J connectivity index is 1.94. The molecule has 0 aliphatic carbocycles. The number of halogens is 2. The molecule has 114 valence electrons. The van der Waals surface area contributed by atoms with Crippen molar-refractivity contribution in [2.45, 2.75) is 18.6 Å². The number of nitrogens with zero attached hydrogens (tertiary/aromatic N) is 2. The topological polar surface area (TPSA) is 53.4 Å². The number of hydrogen-bond acceptors (Lipinski definition) is 3. The molecule has 6 heteroatoms. The molecule has 0 saturated carbocycles. The highest BCUT2D eigenvalue weighted by atomic mass is 19.1. The van der Waals surface area contributed by atoms with Gasteiger partial charge in [0.25, 0.3) is 5.91 Å². The van der Waals surface area contributed by atoms with Gasteiger partial charge in [-0.1, -0.05) is 12.1 Å². The van der Waals surface area contributed by atoms with Gasteiger partial charge in [-0.25, -0.2) is 8.78 Å². The molecular formula is C16H14F2N2O2. The molecule has 1 aromatic heterocycles. The average molecular weight is 304 g/mol. The zero-order valence-electron chi connectivity index (χ0n) is 11.6. The normalized spacial score (nSPS) is 21.1. The van der Waals surface area contributed by atoms with Gasteiger partial charge in [-0.15, -0.1) is 0 Å². The predicted molar refractivity (Wildman–Crippen MR) is 75.0 cm³/mol. The standard InChI is InChI=1S/C16H14F2N2O2/c17-11-3-1-2-10(6-11)15-7-12(21)9-20(15)16(22)13-4-5-19-8-14(13)18/h1-6,8,12,15,21H,7,9H2/t12-,15-/m1/s1. The molecule has 0 spiro atoms. The Morgan fingerprint density at radius 2 is 2.14 bits per heavy atom. The molecule has 2 atom stereocenters. The van der Waals surface area contributed by atoms with Crippen molar-refractivity contribution in [2.24, 2.45) is 0 Å². The lowest BCUT2D eigenvalue weighted by Crippen LogP contribution is -2.32. The lowest BCUT2D eigenvalue weighted by atomic mass is 10.0. The molecule has 2 aromatic rings. The van der Waals surface area contributed by atoms with E-state index in [1.54, 1.807) is 12.1 Å². The average Bonchev–Trinajstić information content (AvgIpc) is 2.89. The highest BCUT2D eigenvalue weighted by Crippen LogP contribution is 2.33. The van der Waals surface area contributed by atoms with E-state index in [1.807, 2.05) is 0 Å². The molecule has 1 fully saturated rings. The monoisotopic (exact) mass is 304 g/mol. The van der Waals surface area contributed by atoms with Gasteiger partial charge in [0.2, 0.25) is 0 Å². The molecule has 1 amide bonds. The van der Waals surface area contributed by atoms with E-state index in [0.29, 0.717) is 12.0 Å². The van der Waals surface area contributed by atoms with Crippen LogP contribution in [0, 0.1) is 11.6 Å². The molecule has 0 unspecified atom stereocenters. The number of carbonyl (C=O) groups is 1. The Kier molecular flexibility index (Phi) is 3.85. The molecule has 3 rings (SSSR count). The van der Waals surface area contributed by atoms with Gasteiger partial charge in [-0.3, -0.25) is 9.78 Å². The van der Waals surface area contributed by atoms with E-state index in [1.165, 1.54) is 29.3 Å². The largest absolute Gasteiger partial charge is 0.391 e. The summed E-state index contributed by atoms with van der Waals surface area (Å²) in [7, 11) is 0. The maximum atomic E-state index is 13.8. The van der Waals surface area contributed by atoms with Crippen LogP contribution < -0.4 is 0 Å². The van der Waals surface area contributed by atoms with Crippen molar-refractivity contribution in [3.05, 3.63) is 65.5 Å². The van der Waals surface area contributed by atoms with Gasteiger partial charge in [-0.05, 0) is 30.2 Å². The predicted octanol–water partition coefficient (Wildman–Crippen LogP) is 2.31. The molecule has 1 aromatic carbocycles. The summed E-state index contributed by atoms with van der Waals surface area (Å²) < 4.78 is 27.2. The van der Waals surface area contributed by atoms with E-state index in [0.717, 1.165) is 6.20 Å². The van der Waals surface area contributed by atoms with Crippen LogP contribution in [0.4, 0.5) is 8.78 Å². The summed E-state index contributed by atoms with van der Waals surface area (Å²) in [6, 6.07) is 6.69. The van der Waals surface area contributed by atoms with Crippen LogP contribution in [0.5, 0.6) is 0 Å². The molecular weight excluding hydrogens is 290 g/mol. The fourth-order valence-electron chi connectivity index (χ4n) is 2.77. The number of carbonyl (C=O) groups excluding carboxylic acids is 1. The number of β-amino-alcohol motifs (C(OH)–C–C–N with tert-alkyl or cyclic N) is 1. The minimum Gasteiger partial charge on any atom is -0.391 e. The molecule has 22 heavy (non-hydrogen) atoms. The first-order valence-corrected chi connectivity index (χ1v) is 6.90. The first-order chi connectivity index (χ1) is 10.6. The molecule has 2 heterocycles. The summed E-state index contributed by atoms with van der Waals surface area (Å²) in [4.78, 5) is 17.5. The number of aromatic nitrogens is 1. The number of likely N-dealkylation sites (tertiary alicyclic amines) is 1. The zero-order chi connectivity index (χ0) is 15.7. The van der Waals surface area contributed by atoms with Crippen LogP contribution >= 0.6 is 0 Å². The van der Waals surface area contributed by atoms with Crippen LogP contribution in [-0.2, 0) is 0 Å². The SMILES string of the molecule is O=C(c1ccncc1F)N1C[C@H](O)C[C@@H]1c1cccc(F)c1. The minimum atomic E-state index is -0.720. The van der Waals surface area contributed by atoms with Crippen molar-refractivity contribution in [1.29, 1.82) is 0 Å². The number of pyridine rings is 1. The summed E-state index contributed by atoms with van der Waals surface area (Å²) in [5.74, 6) is -1.67. The van der Waals surface area contributed by atoms with Crippen molar-refractivity contribution < 1.29 is 18.7 Å². The van der Waals surface area contributed by atoms with E-state index in [-0.39, 0.29) is 12.1 Å². The molecule has 1 N–H and O–H groups in total. The quantitative estimate of drug-likeness (QED) is 0.926. The van der Waals surface area contributed by atoms with Crippen molar-refractivity contribution in [3.8, 4) is 0 Å². The van der Waals surface area contributed by atoms with Crippen molar-refractivity contribution in [1.82, 2.24) is 9.88 Å². The summed E-state index contributed by atoms with van der Waals surface area (Å²) in [6.07, 6.45) is 1.88. The van der Waals surface area contributed by atoms with Gasteiger partial charge in [-0.2, -0.15) is 0 Å². The van der Waals surface area contributed by atoms with Crippen LogP contribution in [-0.4, -0.2) is 33.5 Å². The van der Waals surface area contributed by atoms with E-state index in [9.17, 15) is 18.7 Å². The highest BCUT2D eigenvalue weighted by Gasteiger charge is 2.36. The second-order valence-electron chi connectivity index (χ2n) is 5.27. The molecule has 1 aliphatic heterocycles. The zero-order valence-corrected chi connectivity index (χ0v) is 11.6. The minimum absolute atomic E-state index is 0.0851. The van der Waals surface area contributed by atoms with Crippen LogP contribution in [0.1, 0.15) is 28.4 Å². The van der Waals surface area contributed by atoms with Crippen LogP contribution in [0.25, 0.3) is 0 Å². The molecule has 0 bridgehead atoms. The Labute approximate surface area is 126 Å². The number of benzene rings is 1. The van der Waals surface area contributed by atoms with Crippen LogP contribution in [0.3, 0.4) is 0 Å². The smallest absolute Gasteiger partial charge is 0.257 e. The van der Waals surface area contributed by atoms with Crippen LogP contribution in [0.2, 0.25) is 0 Å². The van der Waals surface area contributed by atoms with Gasteiger partial charge >= 0.3 is 0 Å². The van der Waals surface area contributed by atoms with Gasteiger partial charge in [0.15, 0.2) is 5.82 Å². The van der Waals surface area contributed by atoms with E-state index in [4.69, 9.17) is 0 Å². The molecule has 1 saturated heterocycles. The summed E-state index contributed by atoms with van der Waals surface area (Å²) >= 11 is 0. The summed E-state index contributed by atoms with van der Waals surface area (Å²) in [6.45, 7) is 0.0851.